The van der Waals surface area contributed by atoms with Crippen LogP contribution in [0.3, 0.4) is 0 Å². The second-order valence-corrected chi connectivity index (χ2v) is 18.2. The molecule has 2 aliphatic rings. The first-order valence-corrected chi connectivity index (χ1v) is 23.6. The van der Waals surface area contributed by atoms with Crippen LogP contribution in [-0.2, 0) is 9.47 Å². The maximum Gasteiger partial charge on any atom is 0.160 e. The molecule has 354 valence electrons. The van der Waals surface area contributed by atoms with E-state index in [-0.39, 0.29) is 37.4 Å². The zero-order valence-electron chi connectivity index (χ0n) is 39.3. The number of aliphatic hydroxyl groups is 2. The van der Waals surface area contributed by atoms with Crippen LogP contribution in [0.2, 0.25) is 0 Å². The van der Waals surface area contributed by atoms with Crippen LogP contribution in [0.4, 0.5) is 11.4 Å². The molecule has 4 aromatic heterocycles. The van der Waals surface area contributed by atoms with E-state index in [1.807, 2.05) is 79.7 Å². The molecule has 5 unspecified atom stereocenters. The van der Waals surface area contributed by atoms with Gasteiger partial charge in [0.15, 0.2) is 11.3 Å². The Balaban J connectivity index is 1.03. The highest BCUT2D eigenvalue weighted by molar-refractivity contribution is 5.93. The Morgan fingerprint density at radius 1 is 0.773 bits per heavy atom. The zero-order valence-corrected chi connectivity index (χ0v) is 39.3. The van der Waals surface area contributed by atoms with Gasteiger partial charge in [-0.3, -0.25) is 0 Å². The molecule has 2 aliphatic heterocycles. The average molecular weight is 905 g/mol. The van der Waals surface area contributed by atoms with Gasteiger partial charge < -0.3 is 50.0 Å². The van der Waals surface area contributed by atoms with Crippen molar-refractivity contribution in [2.75, 3.05) is 84.0 Å². The van der Waals surface area contributed by atoms with Gasteiger partial charge in [0.2, 0.25) is 0 Å². The van der Waals surface area contributed by atoms with Crippen molar-refractivity contribution in [1.82, 2.24) is 40.2 Å². The Morgan fingerprint density at radius 3 is 2.02 bits per heavy atom. The molecule has 5 N–H and O–H groups in total. The minimum Gasteiger partial charge on any atom is -0.491 e. The summed E-state index contributed by atoms with van der Waals surface area (Å²) in [6.45, 7) is 10.8. The summed E-state index contributed by atoms with van der Waals surface area (Å²) in [5.74, 6) is 1.87. The lowest BCUT2D eigenvalue weighted by Crippen LogP contribution is -2.41. The number of nitrogens with one attached hydrogen (secondary N) is 3. The third kappa shape index (κ3) is 11.2. The van der Waals surface area contributed by atoms with Crippen molar-refractivity contribution in [1.29, 1.82) is 0 Å². The van der Waals surface area contributed by atoms with Crippen molar-refractivity contribution < 1.29 is 29.2 Å². The Bertz CT molecular complexity index is 2510. The predicted molar refractivity (Wildman–Crippen MR) is 260 cm³/mol. The van der Waals surface area contributed by atoms with Gasteiger partial charge in [-0.15, -0.1) is 0 Å². The van der Waals surface area contributed by atoms with Crippen molar-refractivity contribution in [2.24, 2.45) is 5.92 Å². The van der Waals surface area contributed by atoms with Crippen LogP contribution in [0, 0.1) is 5.92 Å². The second-order valence-electron chi connectivity index (χ2n) is 18.2. The molecular formula is C50H68N10O6. The van der Waals surface area contributed by atoms with Gasteiger partial charge in [-0.2, -0.15) is 10.2 Å². The Labute approximate surface area is 388 Å². The van der Waals surface area contributed by atoms with Gasteiger partial charge in [0.05, 0.1) is 52.4 Å². The summed E-state index contributed by atoms with van der Waals surface area (Å²) < 4.78 is 28.2. The lowest BCUT2D eigenvalue weighted by Gasteiger charge is -2.38. The number of aromatic nitrogens is 6. The van der Waals surface area contributed by atoms with Gasteiger partial charge in [0, 0.05) is 75.4 Å². The standard InChI is InChI=1S/C50H68N10O6/c1-32(2)59-50-44(29-54-59)48(24-46(57-50)36-10-8-12-41(21-36)66-31-39(62)27-52-5)58(6)37-15-18-64-42(22-37)19-33(3)60-49-43(28-55-60)47(53-25-34-13-16-63-17-14-34)23-45(56-49)35-9-7-11-40(20-35)65-30-38(61)26-51-4/h7-12,20-21,23-24,28-29,32-34,37-39,42,51-52,61-62H,13-19,22,25-27,30-31H2,1-6H3,(H,53,56). The number of benzene rings is 2. The fourth-order valence-corrected chi connectivity index (χ4v) is 9.18. The fraction of sp³-hybridized carbons (Fsp3) is 0.520. The number of anilines is 2. The molecule has 2 fully saturated rings. The van der Waals surface area contributed by atoms with Crippen LogP contribution < -0.4 is 30.3 Å². The molecule has 2 saturated heterocycles. The van der Waals surface area contributed by atoms with E-state index in [1.54, 1.807) is 0 Å². The monoisotopic (exact) mass is 905 g/mol. The van der Waals surface area contributed by atoms with Gasteiger partial charge in [0.1, 0.15) is 36.9 Å². The van der Waals surface area contributed by atoms with Crippen molar-refractivity contribution >= 4 is 33.4 Å². The Morgan fingerprint density at radius 2 is 1.38 bits per heavy atom. The van der Waals surface area contributed by atoms with Crippen LogP contribution in [0.25, 0.3) is 44.6 Å². The van der Waals surface area contributed by atoms with Crippen LogP contribution in [-0.4, -0.2) is 138 Å². The van der Waals surface area contributed by atoms with Gasteiger partial charge in [0.25, 0.3) is 0 Å². The largest absolute Gasteiger partial charge is 0.491 e. The van der Waals surface area contributed by atoms with E-state index < -0.39 is 12.2 Å². The first-order valence-electron chi connectivity index (χ1n) is 23.6. The molecule has 0 saturated carbocycles. The van der Waals surface area contributed by atoms with Gasteiger partial charge >= 0.3 is 0 Å². The predicted octanol–water partition coefficient (Wildman–Crippen LogP) is 6.48. The molecule has 5 atom stereocenters. The number of likely N-dealkylation sites (N-methyl/N-ethyl adjacent to an activating group) is 2. The second kappa shape index (κ2) is 22.0. The molecule has 16 heteroatoms. The molecular weight excluding hydrogens is 837 g/mol. The molecule has 0 radical (unpaired) electrons. The quantitative estimate of drug-likeness (QED) is 0.0530. The number of nitrogens with zero attached hydrogens (tertiary/aromatic N) is 7. The number of rotatable bonds is 21. The highest BCUT2D eigenvalue weighted by Gasteiger charge is 2.30. The van der Waals surface area contributed by atoms with Crippen molar-refractivity contribution in [3.63, 3.8) is 0 Å². The van der Waals surface area contributed by atoms with Crippen LogP contribution >= 0.6 is 0 Å². The maximum absolute atomic E-state index is 10.3. The van der Waals surface area contributed by atoms with E-state index in [0.717, 1.165) is 108 Å². The van der Waals surface area contributed by atoms with Gasteiger partial charge in [-0.05, 0) is 109 Å². The topological polar surface area (TPSA) is 178 Å². The fourth-order valence-electron chi connectivity index (χ4n) is 9.18. The van der Waals surface area contributed by atoms with Gasteiger partial charge in [-0.1, -0.05) is 24.3 Å². The first kappa shape index (κ1) is 47.1. The number of fused-ring (bicyclic) bond motifs is 2. The summed E-state index contributed by atoms with van der Waals surface area (Å²) in [5, 5.41) is 42.1. The highest BCUT2D eigenvalue weighted by Crippen LogP contribution is 2.37. The highest BCUT2D eigenvalue weighted by atomic mass is 16.5. The van der Waals surface area contributed by atoms with Crippen LogP contribution in [0.1, 0.15) is 65.0 Å². The summed E-state index contributed by atoms with van der Waals surface area (Å²) in [6.07, 6.45) is 7.17. The van der Waals surface area contributed by atoms with E-state index in [0.29, 0.717) is 37.1 Å². The lowest BCUT2D eigenvalue weighted by molar-refractivity contribution is -0.00480. The zero-order chi connectivity index (χ0) is 46.2. The Hall–Kier alpha value is -5.36. The van der Waals surface area contributed by atoms with Crippen LogP contribution in [0.15, 0.2) is 73.1 Å². The minimum absolute atomic E-state index is 0.0101. The third-order valence-electron chi connectivity index (χ3n) is 12.8. The summed E-state index contributed by atoms with van der Waals surface area (Å²) in [7, 11) is 5.79. The summed E-state index contributed by atoms with van der Waals surface area (Å²) in [6, 6.07) is 20.4. The molecule has 2 aromatic carbocycles. The minimum atomic E-state index is -0.617. The SMILES string of the molecule is CNCC(O)COc1cccc(-c2cc(N(C)C3CCOC(CC(C)n4ncc5c(NCC6CCOCC6)cc(-c6cccc(OCC(O)CNC)c6)nc54)C3)c3cnn(C(C)C)c3n2)c1. The molecule has 16 nitrogen and oxygen atoms in total. The smallest absolute Gasteiger partial charge is 0.160 e. The maximum atomic E-state index is 10.3. The number of pyridine rings is 2. The van der Waals surface area contributed by atoms with E-state index in [9.17, 15) is 10.2 Å². The molecule has 0 spiro atoms. The van der Waals surface area contributed by atoms with Crippen molar-refractivity contribution in [3.05, 3.63) is 73.1 Å². The van der Waals surface area contributed by atoms with E-state index in [2.05, 4.69) is 65.5 Å². The average Bonchev–Trinajstić information content (AvgIpc) is 3.98. The summed E-state index contributed by atoms with van der Waals surface area (Å²) in [5.41, 5.74) is 7.19. The molecule has 66 heavy (non-hydrogen) atoms. The van der Waals surface area contributed by atoms with Gasteiger partial charge in [-0.25, -0.2) is 19.3 Å². The third-order valence-corrected chi connectivity index (χ3v) is 12.8. The molecule has 6 aromatic rings. The van der Waals surface area contributed by atoms with E-state index in [1.165, 1.54) is 0 Å². The summed E-state index contributed by atoms with van der Waals surface area (Å²) in [4.78, 5) is 12.8. The van der Waals surface area contributed by atoms with Crippen LogP contribution in [0.5, 0.6) is 11.5 Å². The van der Waals surface area contributed by atoms with E-state index in [4.69, 9.17) is 39.1 Å². The van der Waals surface area contributed by atoms with Crippen molar-refractivity contribution in [3.8, 4) is 34.0 Å². The Kier molecular flexibility index (Phi) is 15.7. The summed E-state index contributed by atoms with van der Waals surface area (Å²) >= 11 is 0. The van der Waals surface area contributed by atoms with E-state index >= 15 is 0 Å². The first-order chi connectivity index (χ1) is 32.1. The number of hydrogen-bond acceptors (Lipinski definition) is 14. The number of hydrogen-bond donors (Lipinski definition) is 5. The number of ether oxygens (including phenoxy) is 4. The molecule has 0 amide bonds. The molecule has 8 rings (SSSR count). The van der Waals surface area contributed by atoms with Crippen molar-refractivity contribution in [2.45, 2.75) is 89.3 Å². The molecule has 6 heterocycles. The molecule has 0 bridgehead atoms. The molecule has 0 aliphatic carbocycles. The number of aliphatic hydroxyl groups excluding tert-OH is 2. The lowest BCUT2D eigenvalue weighted by atomic mass is 9.96. The normalized spacial score (nSPS) is 18.4.